The molecule has 3 aliphatic carbocycles. The molecule has 0 aromatic carbocycles. The average Bonchev–Trinajstić information content (AvgIpc) is 3.03. The number of aliphatic hydroxyl groups excluding tert-OH is 1. The maximum Gasteiger partial charge on any atom is 0.119 e. The summed E-state index contributed by atoms with van der Waals surface area (Å²) in [5, 5.41) is 20.1. The van der Waals surface area contributed by atoms with E-state index >= 15 is 0 Å². The fourth-order valence-corrected chi connectivity index (χ4v) is 4.66. The molecule has 0 aliphatic heterocycles. The third kappa shape index (κ3) is 2.67. The molecule has 3 rings (SSSR count). The molecule has 2 nitrogen and oxygen atoms in total. The second-order valence-electron chi connectivity index (χ2n) is 8.15. The van der Waals surface area contributed by atoms with Crippen LogP contribution in [0.4, 0.5) is 0 Å². The SMILES string of the molecule is CC(C)(O)C#CCC1(C2=CCC3[C@@H](O)CCC[C@@]23C)CC1. The van der Waals surface area contributed by atoms with E-state index in [0.29, 0.717) is 5.92 Å². The lowest BCUT2D eigenvalue weighted by Gasteiger charge is -2.44. The van der Waals surface area contributed by atoms with E-state index in [9.17, 15) is 10.2 Å². The summed E-state index contributed by atoms with van der Waals surface area (Å²) in [6.07, 6.45) is 9.93. The Hall–Kier alpha value is -0.780. The van der Waals surface area contributed by atoms with Gasteiger partial charge in [-0.05, 0) is 63.7 Å². The van der Waals surface area contributed by atoms with Crippen LogP contribution in [0.5, 0.6) is 0 Å². The summed E-state index contributed by atoms with van der Waals surface area (Å²) in [7, 11) is 0. The number of allylic oxidation sites excluding steroid dienone is 2. The second kappa shape index (κ2) is 4.86. The molecule has 0 radical (unpaired) electrons. The number of rotatable bonds is 2. The first-order valence-corrected chi connectivity index (χ1v) is 8.39. The maximum absolute atomic E-state index is 10.3. The van der Waals surface area contributed by atoms with Crippen LogP contribution in [0.2, 0.25) is 0 Å². The molecule has 2 fully saturated rings. The van der Waals surface area contributed by atoms with E-state index in [1.165, 1.54) is 19.3 Å². The minimum absolute atomic E-state index is 0.129. The zero-order chi connectivity index (χ0) is 15.3. The van der Waals surface area contributed by atoms with Crippen LogP contribution >= 0.6 is 0 Å². The lowest BCUT2D eigenvalue weighted by atomic mass is 9.62. The molecular formula is C19H28O2. The molecule has 0 aromatic rings. The van der Waals surface area contributed by atoms with Crippen molar-refractivity contribution in [2.45, 2.75) is 77.4 Å². The van der Waals surface area contributed by atoms with E-state index in [-0.39, 0.29) is 16.9 Å². The molecule has 0 saturated heterocycles. The third-order valence-corrected chi connectivity index (χ3v) is 5.92. The van der Waals surface area contributed by atoms with Crippen molar-refractivity contribution in [1.82, 2.24) is 0 Å². The highest BCUT2D eigenvalue weighted by Crippen LogP contribution is 2.66. The van der Waals surface area contributed by atoms with E-state index in [2.05, 4.69) is 24.8 Å². The van der Waals surface area contributed by atoms with Crippen LogP contribution in [0, 0.1) is 28.6 Å². The van der Waals surface area contributed by atoms with Crippen LogP contribution in [0.25, 0.3) is 0 Å². The smallest absolute Gasteiger partial charge is 0.119 e. The van der Waals surface area contributed by atoms with Gasteiger partial charge in [-0.15, -0.1) is 0 Å². The number of hydrogen-bond acceptors (Lipinski definition) is 2. The molecule has 2 heteroatoms. The van der Waals surface area contributed by atoms with Gasteiger partial charge in [0.1, 0.15) is 5.60 Å². The van der Waals surface area contributed by atoms with Crippen molar-refractivity contribution in [3.05, 3.63) is 11.6 Å². The Bertz CT molecular complexity index is 510. The standard InChI is InChI=1S/C19H28O2/c1-17(2,21)9-5-11-19(12-13-19)16-8-7-14-15(20)6-4-10-18(14,16)3/h8,14-15,20-21H,4,6-7,10-13H2,1-3H3/t14?,15-,18+/m0/s1. The van der Waals surface area contributed by atoms with Gasteiger partial charge in [-0.2, -0.15) is 0 Å². The Morgan fingerprint density at radius 3 is 2.67 bits per heavy atom. The highest BCUT2D eigenvalue weighted by molar-refractivity contribution is 5.36. The zero-order valence-corrected chi connectivity index (χ0v) is 13.6. The fourth-order valence-electron chi connectivity index (χ4n) is 4.66. The quantitative estimate of drug-likeness (QED) is 0.604. The number of aliphatic hydroxyl groups is 2. The van der Waals surface area contributed by atoms with Crippen molar-refractivity contribution in [3.63, 3.8) is 0 Å². The van der Waals surface area contributed by atoms with E-state index in [1.807, 2.05) is 0 Å². The summed E-state index contributed by atoms with van der Waals surface area (Å²) in [6, 6.07) is 0. The van der Waals surface area contributed by atoms with Gasteiger partial charge in [-0.25, -0.2) is 0 Å². The molecule has 3 aliphatic rings. The van der Waals surface area contributed by atoms with Crippen LogP contribution in [-0.2, 0) is 0 Å². The molecule has 21 heavy (non-hydrogen) atoms. The summed E-state index contributed by atoms with van der Waals surface area (Å²) in [5.74, 6) is 6.61. The average molecular weight is 288 g/mol. The van der Waals surface area contributed by atoms with E-state index in [1.54, 1.807) is 19.4 Å². The first-order chi connectivity index (χ1) is 9.77. The van der Waals surface area contributed by atoms with E-state index < -0.39 is 5.60 Å². The molecule has 1 unspecified atom stereocenters. The molecule has 2 N–H and O–H groups in total. The molecule has 0 bridgehead atoms. The summed E-state index contributed by atoms with van der Waals surface area (Å²) >= 11 is 0. The van der Waals surface area contributed by atoms with Crippen molar-refractivity contribution in [3.8, 4) is 11.8 Å². The molecule has 3 atom stereocenters. The van der Waals surface area contributed by atoms with Crippen LogP contribution < -0.4 is 0 Å². The molecule has 116 valence electrons. The summed E-state index contributed by atoms with van der Waals surface area (Å²) in [5.41, 5.74) is 1.11. The van der Waals surface area contributed by atoms with Gasteiger partial charge < -0.3 is 10.2 Å². The number of fused-ring (bicyclic) bond motifs is 1. The second-order valence-corrected chi connectivity index (χ2v) is 8.15. The minimum atomic E-state index is -0.895. The highest BCUT2D eigenvalue weighted by Gasteiger charge is 2.57. The van der Waals surface area contributed by atoms with Crippen LogP contribution in [0.3, 0.4) is 0 Å². The molecule has 0 spiro atoms. The normalized spacial score (nSPS) is 37.3. The first-order valence-electron chi connectivity index (χ1n) is 8.39. The first kappa shape index (κ1) is 15.1. The molecular weight excluding hydrogens is 260 g/mol. The fraction of sp³-hybridized carbons (Fsp3) is 0.789. The zero-order valence-electron chi connectivity index (χ0n) is 13.6. The van der Waals surface area contributed by atoms with Crippen LogP contribution in [0.15, 0.2) is 11.6 Å². The van der Waals surface area contributed by atoms with Gasteiger partial charge in [0.2, 0.25) is 0 Å². The third-order valence-electron chi connectivity index (χ3n) is 5.92. The Morgan fingerprint density at radius 1 is 1.33 bits per heavy atom. The van der Waals surface area contributed by atoms with Gasteiger partial charge >= 0.3 is 0 Å². The largest absolute Gasteiger partial charge is 0.393 e. The topological polar surface area (TPSA) is 40.5 Å². The Labute approximate surface area is 128 Å². The summed E-state index contributed by atoms with van der Waals surface area (Å²) in [6.45, 7) is 5.84. The van der Waals surface area contributed by atoms with Gasteiger partial charge in [-0.1, -0.05) is 30.4 Å². The monoisotopic (exact) mass is 288 g/mol. The number of hydrogen-bond donors (Lipinski definition) is 2. The van der Waals surface area contributed by atoms with Gasteiger partial charge in [0, 0.05) is 11.8 Å². The lowest BCUT2D eigenvalue weighted by Crippen LogP contribution is -2.40. The molecule has 0 heterocycles. The van der Waals surface area contributed by atoms with Crippen molar-refractivity contribution >= 4 is 0 Å². The Morgan fingerprint density at radius 2 is 2.05 bits per heavy atom. The van der Waals surface area contributed by atoms with Gasteiger partial charge in [-0.3, -0.25) is 0 Å². The predicted molar refractivity (Wildman–Crippen MR) is 84.5 cm³/mol. The van der Waals surface area contributed by atoms with Crippen LogP contribution in [0.1, 0.15) is 65.7 Å². The summed E-state index contributed by atoms with van der Waals surface area (Å²) < 4.78 is 0. The highest BCUT2D eigenvalue weighted by atomic mass is 16.3. The molecule has 0 amide bonds. The van der Waals surface area contributed by atoms with Crippen molar-refractivity contribution in [2.24, 2.45) is 16.7 Å². The maximum atomic E-state index is 10.3. The minimum Gasteiger partial charge on any atom is -0.393 e. The van der Waals surface area contributed by atoms with Crippen LogP contribution in [-0.4, -0.2) is 21.9 Å². The van der Waals surface area contributed by atoms with Crippen molar-refractivity contribution in [1.29, 1.82) is 0 Å². The van der Waals surface area contributed by atoms with E-state index in [4.69, 9.17) is 0 Å². The predicted octanol–water partition coefficient (Wildman–Crippen LogP) is 3.43. The molecule has 2 saturated carbocycles. The summed E-state index contributed by atoms with van der Waals surface area (Å²) in [4.78, 5) is 0. The Kier molecular flexibility index (Phi) is 3.50. The van der Waals surface area contributed by atoms with Crippen molar-refractivity contribution in [2.75, 3.05) is 0 Å². The van der Waals surface area contributed by atoms with Crippen molar-refractivity contribution < 1.29 is 10.2 Å². The van der Waals surface area contributed by atoms with Gasteiger partial charge in [0.05, 0.1) is 6.10 Å². The Balaban J connectivity index is 1.79. The molecule has 0 aromatic heterocycles. The van der Waals surface area contributed by atoms with Gasteiger partial charge in [0.25, 0.3) is 0 Å². The van der Waals surface area contributed by atoms with Gasteiger partial charge in [0.15, 0.2) is 0 Å². The van der Waals surface area contributed by atoms with E-state index in [0.717, 1.165) is 25.7 Å². The lowest BCUT2D eigenvalue weighted by molar-refractivity contribution is 0.00690.